The van der Waals surface area contributed by atoms with Crippen LogP contribution >= 0.6 is 0 Å². The first-order chi connectivity index (χ1) is 14.1. The van der Waals surface area contributed by atoms with Crippen LogP contribution in [0.4, 0.5) is 0 Å². The number of aliphatic imine (C=N–C) groups is 1. The van der Waals surface area contributed by atoms with Crippen molar-refractivity contribution < 1.29 is 9.90 Å². The number of rotatable bonds is 6. The molecular weight excluding hydrogens is 368 g/mol. The van der Waals surface area contributed by atoms with Gasteiger partial charge in [0, 0.05) is 38.6 Å². The molecule has 1 amide bonds. The SMILES string of the molecule is CCNC(=NCCNC(=O)c1ccccc1O)N1CCC(C)C(n2ccnc2)C1. The van der Waals surface area contributed by atoms with Crippen LogP contribution in [-0.4, -0.2) is 64.1 Å². The molecule has 2 atom stereocenters. The number of hydrogen-bond acceptors (Lipinski definition) is 4. The van der Waals surface area contributed by atoms with Crippen LogP contribution in [0.2, 0.25) is 0 Å². The zero-order valence-electron chi connectivity index (χ0n) is 17.1. The lowest BCUT2D eigenvalue weighted by Gasteiger charge is -2.39. The number of para-hydroxylation sites is 1. The highest BCUT2D eigenvalue weighted by molar-refractivity contribution is 5.96. The van der Waals surface area contributed by atoms with Crippen molar-refractivity contribution in [3.63, 3.8) is 0 Å². The topological polar surface area (TPSA) is 94.8 Å². The van der Waals surface area contributed by atoms with Gasteiger partial charge in [-0.3, -0.25) is 9.79 Å². The van der Waals surface area contributed by atoms with Gasteiger partial charge in [-0.2, -0.15) is 0 Å². The van der Waals surface area contributed by atoms with E-state index in [-0.39, 0.29) is 17.2 Å². The lowest BCUT2D eigenvalue weighted by atomic mass is 9.93. The maximum atomic E-state index is 12.2. The molecule has 1 aromatic carbocycles. The van der Waals surface area contributed by atoms with Crippen molar-refractivity contribution in [2.24, 2.45) is 10.9 Å². The summed E-state index contributed by atoms with van der Waals surface area (Å²) in [6.45, 7) is 7.79. The number of carbonyl (C=O) groups excluding carboxylic acids is 1. The van der Waals surface area contributed by atoms with E-state index in [1.165, 1.54) is 6.07 Å². The number of amides is 1. The highest BCUT2D eigenvalue weighted by Gasteiger charge is 2.28. The van der Waals surface area contributed by atoms with E-state index in [1.54, 1.807) is 18.2 Å². The number of imidazole rings is 1. The van der Waals surface area contributed by atoms with Crippen LogP contribution in [0.5, 0.6) is 5.75 Å². The molecule has 2 aromatic rings. The van der Waals surface area contributed by atoms with Crippen LogP contribution in [0.25, 0.3) is 0 Å². The summed E-state index contributed by atoms with van der Waals surface area (Å²) >= 11 is 0. The van der Waals surface area contributed by atoms with Crippen LogP contribution < -0.4 is 10.6 Å². The van der Waals surface area contributed by atoms with E-state index in [9.17, 15) is 9.90 Å². The number of hydrogen-bond donors (Lipinski definition) is 3. The minimum atomic E-state index is -0.296. The maximum Gasteiger partial charge on any atom is 0.255 e. The molecule has 3 N–H and O–H groups in total. The second kappa shape index (κ2) is 9.95. The number of nitrogens with one attached hydrogen (secondary N) is 2. The number of phenolic OH excluding ortho intramolecular Hbond substituents is 1. The molecule has 8 nitrogen and oxygen atoms in total. The van der Waals surface area contributed by atoms with E-state index in [2.05, 4.69) is 38.9 Å². The van der Waals surface area contributed by atoms with E-state index in [1.807, 2.05) is 18.7 Å². The smallest absolute Gasteiger partial charge is 0.255 e. The van der Waals surface area contributed by atoms with Crippen molar-refractivity contribution in [2.75, 3.05) is 32.7 Å². The summed E-state index contributed by atoms with van der Waals surface area (Å²) in [6.07, 6.45) is 6.79. The summed E-state index contributed by atoms with van der Waals surface area (Å²) in [5.41, 5.74) is 0.275. The molecule has 2 unspecified atom stereocenters. The third kappa shape index (κ3) is 5.28. The molecule has 0 spiro atoms. The number of piperidine rings is 1. The Hall–Kier alpha value is -3.03. The predicted molar refractivity (Wildman–Crippen MR) is 113 cm³/mol. The van der Waals surface area contributed by atoms with Gasteiger partial charge in [0.05, 0.1) is 24.5 Å². The van der Waals surface area contributed by atoms with Crippen molar-refractivity contribution >= 4 is 11.9 Å². The van der Waals surface area contributed by atoms with Crippen molar-refractivity contribution in [3.05, 3.63) is 48.5 Å². The maximum absolute atomic E-state index is 12.2. The Morgan fingerprint density at radius 1 is 1.34 bits per heavy atom. The fraction of sp³-hybridized carbons (Fsp3) is 0.476. The summed E-state index contributed by atoms with van der Waals surface area (Å²) < 4.78 is 2.17. The molecule has 0 bridgehead atoms. The number of nitrogens with zero attached hydrogens (tertiary/aromatic N) is 4. The Balaban J connectivity index is 1.58. The number of carbonyl (C=O) groups is 1. The van der Waals surface area contributed by atoms with E-state index in [0.29, 0.717) is 25.0 Å². The van der Waals surface area contributed by atoms with E-state index in [4.69, 9.17) is 4.99 Å². The van der Waals surface area contributed by atoms with Crippen LogP contribution in [-0.2, 0) is 0 Å². The van der Waals surface area contributed by atoms with Crippen LogP contribution in [0, 0.1) is 5.92 Å². The van der Waals surface area contributed by atoms with Gasteiger partial charge in [0.1, 0.15) is 5.75 Å². The highest BCUT2D eigenvalue weighted by Crippen LogP contribution is 2.27. The number of likely N-dealkylation sites (tertiary alicyclic amines) is 1. The van der Waals surface area contributed by atoms with Crippen LogP contribution in [0.3, 0.4) is 0 Å². The molecule has 8 heteroatoms. The third-order valence-electron chi connectivity index (χ3n) is 5.27. The molecule has 1 aromatic heterocycles. The van der Waals surface area contributed by atoms with Gasteiger partial charge in [-0.15, -0.1) is 0 Å². The first-order valence-electron chi connectivity index (χ1n) is 10.2. The Bertz CT molecular complexity index is 820. The van der Waals surface area contributed by atoms with Gasteiger partial charge in [0.15, 0.2) is 5.96 Å². The average Bonchev–Trinajstić information content (AvgIpc) is 3.25. The zero-order chi connectivity index (χ0) is 20.6. The lowest BCUT2D eigenvalue weighted by Crippen LogP contribution is -2.49. The van der Waals surface area contributed by atoms with Crippen molar-refractivity contribution in [3.8, 4) is 5.75 Å². The molecule has 3 rings (SSSR count). The molecule has 1 saturated heterocycles. The van der Waals surface area contributed by atoms with Gasteiger partial charge in [-0.05, 0) is 31.4 Å². The molecule has 1 fully saturated rings. The number of aromatic nitrogens is 2. The summed E-state index contributed by atoms with van der Waals surface area (Å²) in [7, 11) is 0. The summed E-state index contributed by atoms with van der Waals surface area (Å²) in [4.78, 5) is 23.4. The first kappa shape index (κ1) is 20.7. The number of phenols is 1. The quantitative estimate of drug-likeness (QED) is 0.392. The molecule has 156 valence electrons. The standard InChI is InChI=1S/C21H30N6O2/c1-3-23-21(25-10-9-24-20(29)17-6-4-5-7-19(17)28)26-12-8-16(2)18(14-26)27-13-11-22-15-27/h4-7,11,13,15-16,18,28H,3,8-10,12,14H2,1-2H3,(H,23,25)(H,24,29). The molecular formula is C21H30N6O2. The van der Waals surface area contributed by atoms with E-state index >= 15 is 0 Å². The summed E-state index contributed by atoms with van der Waals surface area (Å²) in [5.74, 6) is 1.12. The highest BCUT2D eigenvalue weighted by atomic mass is 16.3. The normalized spacial score (nSPS) is 19.8. The summed E-state index contributed by atoms with van der Waals surface area (Å²) in [5, 5.41) is 16.0. The minimum absolute atomic E-state index is 0.0187. The van der Waals surface area contributed by atoms with Crippen LogP contribution in [0.15, 0.2) is 48.0 Å². The second-order valence-electron chi connectivity index (χ2n) is 7.30. The van der Waals surface area contributed by atoms with Gasteiger partial charge < -0.3 is 25.2 Å². The van der Waals surface area contributed by atoms with Crippen molar-refractivity contribution in [1.29, 1.82) is 0 Å². The predicted octanol–water partition coefficient (Wildman–Crippen LogP) is 1.87. The van der Waals surface area contributed by atoms with Crippen molar-refractivity contribution in [1.82, 2.24) is 25.1 Å². The molecule has 0 saturated carbocycles. The Labute approximate surface area is 171 Å². The number of guanidine groups is 1. The van der Waals surface area contributed by atoms with Crippen LogP contribution in [0.1, 0.15) is 36.7 Å². The number of benzene rings is 1. The monoisotopic (exact) mass is 398 g/mol. The van der Waals surface area contributed by atoms with Gasteiger partial charge in [-0.25, -0.2) is 4.98 Å². The molecule has 29 heavy (non-hydrogen) atoms. The van der Waals surface area contributed by atoms with Gasteiger partial charge in [-0.1, -0.05) is 19.1 Å². The minimum Gasteiger partial charge on any atom is -0.507 e. The molecule has 0 aliphatic carbocycles. The van der Waals surface area contributed by atoms with Crippen molar-refractivity contribution in [2.45, 2.75) is 26.3 Å². The van der Waals surface area contributed by atoms with Gasteiger partial charge >= 0.3 is 0 Å². The fourth-order valence-electron chi connectivity index (χ4n) is 3.61. The molecule has 0 radical (unpaired) electrons. The Morgan fingerprint density at radius 3 is 2.90 bits per heavy atom. The fourth-order valence-corrected chi connectivity index (χ4v) is 3.61. The lowest BCUT2D eigenvalue weighted by molar-refractivity contribution is 0.0952. The first-order valence-corrected chi connectivity index (χ1v) is 10.2. The largest absolute Gasteiger partial charge is 0.507 e. The van der Waals surface area contributed by atoms with Gasteiger partial charge in [0.2, 0.25) is 0 Å². The van der Waals surface area contributed by atoms with Gasteiger partial charge in [0.25, 0.3) is 5.91 Å². The number of aromatic hydroxyl groups is 1. The zero-order valence-corrected chi connectivity index (χ0v) is 17.1. The molecule has 1 aliphatic rings. The third-order valence-corrected chi connectivity index (χ3v) is 5.27. The molecule has 1 aliphatic heterocycles. The Morgan fingerprint density at radius 2 is 2.17 bits per heavy atom. The Kier molecular flexibility index (Phi) is 7.10. The van der Waals surface area contributed by atoms with E-state index < -0.39 is 0 Å². The second-order valence-corrected chi connectivity index (χ2v) is 7.30. The van der Waals surface area contributed by atoms with E-state index in [0.717, 1.165) is 32.0 Å². The average molecular weight is 399 g/mol. The molecule has 2 heterocycles. The summed E-state index contributed by atoms with van der Waals surface area (Å²) in [6, 6.07) is 6.88.